The number of allylic oxidation sites excluding steroid dienone is 4. The lowest BCUT2D eigenvalue weighted by atomic mass is 9.83. The summed E-state index contributed by atoms with van der Waals surface area (Å²) >= 11 is 0. The van der Waals surface area contributed by atoms with Crippen LogP contribution in [-0.4, -0.2) is 33.8 Å². The number of hydrogen-bond donors (Lipinski definition) is 0. The molecule has 0 bridgehead atoms. The predicted octanol–water partition coefficient (Wildman–Crippen LogP) is 2.69. The molecule has 2 fully saturated rings. The summed E-state index contributed by atoms with van der Waals surface area (Å²) < 4.78 is 21.5. The van der Waals surface area contributed by atoms with E-state index in [4.69, 9.17) is 4.74 Å². The molecule has 0 spiro atoms. The first-order valence-corrected chi connectivity index (χ1v) is 8.72. The van der Waals surface area contributed by atoms with Gasteiger partial charge in [0.1, 0.15) is 0 Å². The van der Waals surface area contributed by atoms with Crippen LogP contribution in [0.3, 0.4) is 0 Å². The number of alkyl halides is 1. The molecule has 1 aromatic rings. The molecule has 1 saturated heterocycles. The van der Waals surface area contributed by atoms with E-state index in [2.05, 4.69) is 29.2 Å². The largest absolute Gasteiger partial charge is 0.381 e. The Labute approximate surface area is 139 Å². The predicted molar refractivity (Wildman–Crippen MR) is 84.1 cm³/mol. The minimum Gasteiger partial charge on any atom is -0.381 e. The Kier molecular flexibility index (Phi) is 3.08. The van der Waals surface area contributed by atoms with Crippen molar-refractivity contribution in [1.29, 1.82) is 0 Å². The first-order chi connectivity index (χ1) is 11.6. The minimum absolute atomic E-state index is 0.0187. The maximum absolute atomic E-state index is 14.5. The Bertz CT molecular complexity index is 745. The molecule has 1 saturated carbocycles. The molecular formula is C18H20FN3O2. The van der Waals surface area contributed by atoms with Crippen LogP contribution in [-0.2, 0) is 4.74 Å². The first-order valence-electron chi connectivity index (χ1n) is 8.72. The average Bonchev–Trinajstić information content (AvgIpc) is 2.96. The van der Waals surface area contributed by atoms with Crippen molar-refractivity contribution in [3.05, 3.63) is 36.0 Å². The third kappa shape index (κ3) is 1.98. The molecule has 5 nitrogen and oxygen atoms in total. The second-order valence-corrected chi connectivity index (χ2v) is 7.47. The molecule has 0 aromatic carbocycles. The molecule has 5 rings (SSSR count). The van der Waals surface area contributed by atoms with Crippen LogP contribution in [0, 0.1) is 29.6 Å². The number of ketones is 1. The summed E-state index contributed by atoms with van der Waals surface area (Å²) in [6, 6.07) is -0.0673. The summed E-state index contributed by atoms with van der Waals surface area (Å²) in [6.45, 7) is 3.43. The normalized spacial score (nSPS) is 42.2. The van der Waals surface area contributed by atoms with Crippen molar-refractivity contribution >= 4 is 5.78 Å². The highest BCUT2D eigenvalue weighted by molar-refractivity contribution is 5.97. The molecule has 0 amide bonds. The van der Waals surface area contributed by atoms with Gasteiger partial charge in [0.25, 0.3) is 0 Å². The van der Waals surface area contributed by atoms with E-state index in [0.29, 0.717) is 43.2 Å². The molecule has 24 heavy (non-hydrogen) atoms. The zero-order chi connectivity index (χ0) is 16.4. The Morgan fingerprint density at radius 1 is 1.29 bits per heavy atom. The molecule has 6 heteroatoms. The summed E-state index contributed by atoms with van der Waals surface area (Å²) in [7, 11) is 0. The maximum Gasteiger partial charge on any atom is 0.217 e. The van der Waals surface area contributed by atoms with Gasteiger partial charge in [-0.25, -0.2) is 14.1 Å². The zero-order valence-corrected chi connectivity index (χ0v) is 13.5. The third-order valence-electron chi connectivity index (χ3n) is 6.09. The highest BCUT2D eigenvalue weighted by Crippen LogP contribution is 2.52. The van der Waals surface area contributed by atoms with Crippen molar-refractivity contribution in [3.63, 3.8) is 0 Å². The number of aromatic nitrogens is 3. The standard InChI is InChI=1S/C18H20FN3O2/c1-9-4-2-3-5-10(9)14-6-13(19)18-20-17(21-22(14)18)16(23)15-11-7-24-8-12(11)15/h2-5,9-15H,6-8H2,1H3/t9?,10?,11?,12?,13-,14-,15?/m0/s1. The Hall–Kier alpha value is -1.82. The fourth-order valence-electron chi connectivity index (χ4n) is 4.63. The van der Waals surface area contributed by atoms with Gasteiger partial charge in [-0.05, 0) is 17.8 Å². The summed E-state index contributed by atoms with van der Waals surface area (Å²) in [5.74, 6) is 1.61. The molecule has 126 valence electrons. The van der Waals surface area contributed by atoms with E-state index in [1.54, 1.807) is 4.68 Å². The monoisotopic (exact) mass is 329 g/mol. The van der Waals surface area contributed by atoms with E-state index in [9.17, 15) is 9.18 Å². The average molecular weight is 329 g/mol. The van der Waals surface area contributed by atoms with E-state index < -0.39 is 6.17 Å². The molecule has 4 aliphatic rings. The number of hydrogen-bond acceptors (Lipinski definition) is 4. The Morgan fingerprint density at radius 3 is 2.79 bits per heavy atom. The second kappa shape index (κ2) is 5.09. The number of halogens is 1. The van der Waals surface area contributed by atoms with Crippen LogP contribution >= 0.6 is 0 Å². The van der Waals surface area contributed by atoms with Crippen LogP contribution in [0.2, 0.25) is 0 Å². The van der Waals surface area contributed by atoms with Gasteiger partial charge in [-0.15, -0.1) is 5.10 Å². The topological polar surface area (TPSA) is 57.0 Å². The SMILES string of the molecule is CC1C=CC=CC1[C@@H]1C[C@H](F)c2nc(C(=O)C3C4COCC43)nn21. The highest BCUT2D eigenvalue weighted by Gasteiger charge is 2.59. The molecule has 0 radical (unpaired) electrons. The van der Waals surface area contributed by atoms with Crippen molar-refractivity contribution in [1.82, 2.24) is 14.8 Å². The molecule has 2 aliphatic heterocycles. The third-order valence-corrected chi connectivity index (χ3v) is 6.09. The number of Topliss-reactive ketones (excluding diaryl/α,β-unsaturated/α-hetero) is 1. The molecular weight excluding hydrogens is 309 g/mol. The molecule has 1 aromatic heterocycles. The van der Waals surface area contributed by atoms with E-state index in [1.807, 2.05) is 12.2 Å². The lowest BCUT2D eigenvalue weighted by Crippen LogP contribution is -2.22. The lowest BCUT2D eigenvalue weighted by Gasteiger charge is -2.26. The summed E-state index contributed by atoms with van der Waals surface area (Å²) in [5, 5.41) is 4.44. The number of carbonyl (C=O) groups excluding carboxylic acids is 1. The zero-order valence-electron chi connectivity index (χ0n) is 13.5. The van der Waals surface area contributed by atoms with Crippen molar-refractivity contribution in [2.24, 2.45) is 29.6 Å². The molecule has 0 N–H and O–H groups in total. The fraction of sp³-hybridized carbons (Fsp3) is 0.611. The van der Waals surface area contributed by atoms with Crippen molar-refractivity contribution in [2.45, 2.75) is 25.6 Å². The molecule has 2 aliphatic carbocycles. The van der Waals surface area contributed by atoms with Gasteiger partial charge in [-0.3, -0.25) is 4.79 Å². The number of rotatable bonds is 3. The van der Waals surface area contributed by atoms with Crippen LogP contribution < -0.4 is 0 Å². The number of carbonyl (C=O) groups is 1. The van der Waals surface area contributed by atoms with Gasteiger partial charge in [-0.1, -0.05) is 31.2 Å². The smallest absolute Gasteiger partial charge is 0.217 e. The van der Waals surface area contributed by atoms with E-state index in [-0.39, 0.29) is 29.5 Å². The van der Waals surface area contributed by atoms with E-state index in [0.717, 1.165) is 0 Å². The Morgan fingerprint density at radius 2 is 2.04 bits per heavy atom. The number of nitrogens with zero attached hydrogens (tertiary/aromatic N) is 3. The van der Waals surface area contributed by atoms with E-state index >= 15 is 0 Å². The molecule has 4 unspecified atom stereocenters. The quantitative estimate of drug-likeness (QED) is 0.800. The first kappa shape index (κ1) is 14.5. The van der Waals surface area contributed by atoms with Crippen LogP contribution in [0.15, 0.2) is 24.3 Å². The summed E-state index contributed by atoms with van der Waals surface area (Å²) in [6.07, 6.45) is 7.52. The molecule has 3 heterocycles. The van der Waals surface area contributed by atoms with Crippen molar-refractivity contribution < 1.29 is 13.9 Å². The van der Waals surface area contributed by atoms with Crippen molar-refractivity contribution in [2.75, 3.05) is 13.2 Å². The minimum atomic E-state index is -1.14. The van der Waals surface area contributed by atoms with Crippen LogP contribution in [0.25, 0.3) is 0 Å². The molecule has 6 atom stereocenters. The van der Waals surface area contributed by atoms with Gasteiger partial charge in [0.15, 0.2) is 12.0 Å². The second-order valence-electron chi connectivity index (χ2n) is 7.47. The van der Waals surface area contributed by atoms with Gasteiger partial charge in [0.05, 0.1) is 19.3 Å². The van der Waals surface area contributed by atoms with Gasteiger partial charge in [0, 0.05) is 18.3 Å². The van der Waals surface area contributed by atoms with Gasteiger partial charge < -0.3 is 4.74 Å². The van der Waals surface area contributed by atoms with E-state index in [1.165, 1.54) is 0 Å². The number of ether oxygens (including phenoxy) is 1. The van der Waals surface area contributed by atoms with Crippen LogP contribution in [0.1, 0.15) is 42.0 Å². The van der Waals surface area contributed by atoms with Crippen LogP contribution in [0.4, 0.5) is 4.39 Å². The summed E-state index contributed by atoms with van der Waals surface area (Å²) in [5.41, 5.74) is 0. The van der Waals surface area contributed by atoms with Gasteiger partial charge >= 0.3 is 0 Å². The highest BCUT2D eigenvalue weighted by atomic mass is 19.1. The lowest BCUT2D eigenvalue weighted by molar-refractivity contribution is 0.0882. The Balaban J connectivity index is 1.43. The van der Waals surface area contributed by atoms with Crippen molar-refractivity contribution in [3.8, 4) is 0 Å². The van der Waals surface area contributed by atoms with Crippen LogP contribution in [0.5, 0.6) is 0 Å². The number of fused-ring (bicyclic) bond motifs is 2. The summed E-state index contributed by atoms with van der Waals surface area (Å²) in [4.78, 5) is 16.9. The van der Waals surface area contributed by atoms with Gasteiger partial charge in [-0.2, -0.15) is 0 Å². The maximum atomic E-state index is 14.5. The fourth-order valence-corrected chi connectivity index (χ4v) is 4.63. The van der Waals surface area contributed by atoms with Gasteiger partial charge in [0.2, 0.25) is 11.6 Å².